The summed E-state index contributed by atoms with van der Waals surface area (Å²) in [6.45, 7) is 8.56. The minimum Gasteiger partial charge on any atom is -0.308 e. The van der Waals surface area contributed by atoms with E-state index in [1.165, 1.54) is 0 Å². The van der Waals surface area contributed by atoms with Gasteiger partial charge in [-0.05, 0) is 34.9 Å². The fourth-order valence-electron chi connectivity index (χ4n) is 1.63. The molecular formula is C10H24N2O2S. The zero-order valence-electron chi connectivity index (χ0n) is 10.7. The van der Waals surface area contributed by atoms with E-state index >= 15 is 0 Å². The van der Waals surface area contributed by atoms with E-state index in [0.717, 1.165) is 6.54 Å². The van der Waals surface area contributed by atoms with Gasteiger partial charge in [-0.2, -0.15) is 4.31 Å². The van der Waals surface area contributed by atoms with Gasteiger partial charge in [-0.15, -0.1) is 0 Å². The molecule has 0 radical (unpaired) electrons. The number of rotatable bonds is 6. The molecule has 0 N–H and O–H groups in total. The van der Waals surface area contributed by atoms with Crippen LogP contribution < -0.4 is 0 Å². The summed E-state index contributed by atoms with van der Waals surface area (Å²) in [7, 11) is 0.774. The summed E-state index contributed by atoms with van der Waals surface area (Å²) in [5.74, 6) is 0. The maximum atomic E-state index is 12.0. The first-order valence-electron chi connectivity index (χ1n) is 5.38. The summed E-state index contributed by atoms with van der Waals surface area (Å²) >= 11 is 0. The van der Waals surface area contributed by atoms with Crippen molar-refractivity contribution < 1.29 is 8.42 Å². The van der Waals surface area contributed by atoms with Crippen LogP contribution in [0.2, 0.25) is 0 Å². The van der Waals surface area contributed by atoms with E-state index in [0.29, 0.717) is 6.54 Å². The quantitative estimate of drug-likeness (QED) is 0.691. The molecule has 0 heterocycles. The second-order valence-corrected chi connectivity index (χ2v) is 6.85. The summed E-state index contributed by atoms with van der Waals surface area (Å²) in [6, 6.07) is 0.0254. The van der Waals surface area contributed by atoms with E-state index in [4.69, 9.17) is 0 Å². The first kappa shape index (κ1) is 14.9. The van der Waals surface area contributed by atoms with E-state index in [1.807, 2.05) is 32.8 Å². The second-order valence-electron chi connectivity index (χ2n) is 4.41. The van der Waals surface area contributed by atoms with Gasteiger partial charge in [0, 0.05) is 19.1 Å². The van der Waals surface area contributed by atoms with Crippen LogP contribution in [0.5, 0.6) is 0 Å². The lowest BCUT2D eigenvalue weighted by atomic mass is 10.3. The van der Waals surface area contributed by atoms with E-state index < -0.39 is 10.0 Å². The van der Waals surface area contributed by atoms with Gasteiger partial charge in [-0.25, -0.2) is 8.42 Å². The van der Waals surface area contributed by atoms with Crippen LogP contribution in [0.15, 0.2) is 0 Å². The maximum Gasteiger partial charge on any atom is 0.216 e. The molecule has 4 nitrogen and oxygen atoms in total. The average Bonchev–Trinajstić information content (AvgIpc) is 2.02. The Hall–Kier alpha value is -0.130. The summed E-state index contributed by atoms with van der Waals surface area (Å²) in [6.07, 6.45) is 0. The summed E-state index contributed by atoms with van der Waals surface area (Å²) in [4.78, 5) is 2.00. The number of nitrogens with zero attached hydrogens (tertiary/aromatic N) is 2. The molecule has 0 aromatic rings. The topological polar surface area (TPSA) is 40.6 Å². The zero-order valence-corrected chi connectivity index (χ0v) is 11.5. The molecule has 92 valence electrons. The minimum atomic E-state index is -3.13. The van der Waals surface area contributed by atoms with Gasteiger partial charge >= 0.3 is 0 Å². The van der Waals surface area contributed by atoms with Crippen molar-refractivity contribution in [3.05, 3.63) is 0 Å². The number of hydrogen-bond donors (Lipinski definition) is 0. The number of likely N-dealkylation sites (N-methyl/N-ethyl adjacent to an activating group) is 2. The molecule has 5 heteroatoms. The van der Waals surface area contributed by atoms with Crippen molar-refractivity contribution in [2.75, 3.05) is 27.2 Å². The Balaban J connectivity index is 4.77. The first-order chi connectivity index (χ1) is 6.73. The van der Waals surface area contributed by atoms with Gasteiger partial charge in [-0.1, -0.05) is 6.92 Å². The smallest absolute Gasteiger partial charge is 0.216 e. The Labute approximate surface area is 94.3 Å². The van der Waals surface area contributed by atoms with Crippen LogP contribution in [-0.4, -0.2) is 56.1 Å². The molecule has 0 aliphatic heterocycles. The van der Waals surface area contributed by atoms with Crippen molar-refractivity contribution in [2.24, 2.45) is 0 Å². The number of sulfonamides is 1. The predicted molar refractivity (Wildman–Crippen MR) is 64.5 cm³/mol. The summed E-state index contributed by atoms with van der Waals surface area (Å²) in [5.41, 5.74) is 0. The maximum absolute atomic E-state index is 12.0. The van der Waals surface area contributed by atoms with E-state index in [1.54, 1.807) is 18.2 Å². The van der Waals surface area contributed by atoms with E-state index in [2.05, 4.69) is 0 Å². The Kier molecular flexibility index (Phi) is 5.77. The molecule has 0 aromatic heterocycles. The molecule has 0 bridgehead atoms. The molecule has 0 amide bonds. The van der Waals surface area contributed by atoms with Crippen molar-refractivity contribution in [1.29, 1.82) is 0 Å². The molecule has 0 aromatic carbocycles. The Morgan fingerprint density at radius 2 is 1.60 bits per heavy atom. The van der Waals surface area contributed by atoms with Gasteiger partial charge in [-0.3, -0.25) is 0 Å². The van der Waals surface area contributed by atoms with Crippen molar-refractivity contribution in [1.82, 2.24) is 9.21 Å². The van der Waals surface area contributed by atoms with E-state index in [-0.39, 0.29) is 11.3 Å². The highest BCUT2D eigenvalue weighted by molar-refractivity contribution is 7.89. The van der Waals surface area contributed by atoms with Crippen molar-refractivity contribution in [3.63, 3.8) is 0 Å². The minimum absolute atomic E-state index is 0.0254. The molecular weight excluding hydrogens is 212 g/mol. The highest BCUT2D eigenvalue weighted by Crippen LogP contribution is 2.12. The fraction of sp³-hybridized carbons (Fsp3) is 1.00. The monoisotopic (exact) mass is 236 g/mol. The lowest BCUT2D eigenvalue weighted by Crippen LogP contribution is -2.46. The molecule has 0 spiro atoms. The molecule has 1 atom stereocenters. The van der Waals surface area contributed by atoms with Gasteiger partial charge in [0.1, 0.15) is 0 Å². The highest BCUT2D eigenvalue weighted by Gasteiger charge is 2.28. The predicted octanol–water partition coefficient (Wildman–Crippen LogP) is 0.997. The molecule has 0 saturated heterocycles. The molecule has 0 rings (SSSR count). The van der Waals surface area contributed by atoms with Gasteiger partial charge in [0.05, 0.1) is 5.25 Å². The Morgan fingerprint density at radius 1 is 1.13 bits per heavy atom. The van der Waals surface area contributed by atoms with Crippen LogP contribution in [-0.2, 0) is 10.0 Å². The van der Waals surface area contributed by atoms with Crippen LogP contribution in [0, 0.1) is 0 Å². The molecule has 1 unspecified atom stereocenters. The van der Waals surface area contributed by atoms with Crippen LogP contribution in [0.3, 0.4) is 0 Å². The fourth-order valence-corrected chi connectivity index (χ4v) is 3.10. The number of hydrogen-bond acceptors (Lipinski definition) is 3. The molecule has 0 fully saturated rings. The molecule has 0 saturated carbocycles. The second kappa shape index (κ2) is 5.82. The molecule has 15 heavy (non-hydrogen) atoms. The molecule has 0 aliphatic rings. The summed E-state index contributed by atoms with van der Waals surface area (Å²) in [5, 5.41) is -0.345. The lowest BCUT2D eigenvalue weighted by molar-refractivity contribution is 0.270. The third-order valence-corrected chi connectivity index (χ3v) is 4.82. The van der Waals surface area contributed by atoms with Crippen LogP contribution >= 0.6 is 0 Å². The SMILES string of the molecule is CCN(C(C)CN(C)C)S(=O)(=O)C(C)C. The average molecular weight is 236 g/mol. The highest BCUT2D eigenvalue weighted by atomic mass is 32.2. The van der Waals surface area contributed by atoms with Crippen molar-refractivity contribution >= 4 is 10.0 Å². The third kappa shape index (κ3) is 4.09. The van der Waals surface area contributed by atoms with Gasteiger partial charge in [0.15, 0.2) is 0 Å². The first-order valence-corrected chi connectivity index (χ1v) is 6.89. The zero-order chi connectivity index (χ0) is 12.2. The molecule has 0 aliphatic carbocycles. The van der Waals surface area contributed by atoms with Crippen molar-refractivity contribution in [2.45, 2.75) is 39.0 Å². The largest absolute Gasteiger partial charge is 0.308 e. The van der Waals surface area contributed by atoms with Crippen LogP contribution in [0.4, 0.5) is 0 Å². The standard InChI is InChI=1S/C10H24N2O2S/c1-7-12(10(4)8-11(5)6)15(13,14)9(2)3/h9-10H,7-8H2,1-6H3. The summed E-state index contributed by atoms with van der Waals surface area (Å²) < 4.78 is 25.6. The van der Waals surface area contributed by atoms with Crippen LogP contribution in [0.25, 0.3) is 0 Å². The van der Waals surface area contributed by atoms with Gasteiger partial charge in [0.25, 0.3) is 0 Å². The third-order valence-electron chi connectivity index (χ3n) is 2.36. The Bertz CT molecular complexity index is 273. The van der Waals surface area contributed by atoms with Gasteiger partial charge in [0.2, 0.25) is 10.0 Å². The Morgan fingerprint density at radius 3 is 1.87 bits per heavy atom. The van der Waals surface area contributed by atoms with Gasteiger partial charge < -0.3 is 4.90 Å². The lowest BCUT2D eigenvalue weighted by Gasteiger charge is -2.30. The van der Waals surface area contributed by atoms with Crippen molar-refractivity contribution in [3.8, 4) is 0 Å². The normalized spacial score (nSPS) is 15.3. The van der Waals surface area contributed by atoms with E-state index in [9.17, 15) is 8.42 Å². The van der Waals surface area contributed by atoms with Crippen LogP contribution in [0.1, 0.15) is 27.7 Å².